The van der Waals surface area contributed by atoms with Crippen LogP contribution in [0.15, 0.2) is 36.8 Å². The number of hydrogen-bond acceptors (Lipinski definition) is 7. The first-order valence-electron chi connectivity index (χ1n) is 8.28. The molecule has 0 fully saturated rings. The number of nitrogens with one attached hydrogen (secondary N) is 1. The van der Waals surface area contributed by atoms with E-state index in [-0.39, 0.29) is 15.9 Å². The van der Waals surface area contributed by atoms with Crippen LogP contribution in [0.5, 0.6) is 5.75 Å². The highest BCUT2D eigenvalue weighted by Crippen LogP contribution is 2.36. The number of nitrogens with two attached hydrogens (primary N) is 1. The Balaban J connectivity index is 1.64. The molecule has 4 rings (SSSR count). The summed E-state index contributed by atoms with van der Waals surface area (Å²) in [6.07, 6.45) is 4.21. The molecule has 0 aliphatic rings. The van der Waals surface area contributed by atoms with E-state index in [1.165, 1.54) is 16.8 Å². The Hall–Kier alpha value is -3.24. The molecule has 0 saturated carbocycles. The minimum atomic E-state index is -0.674. The number of H-pyrrole nitrogens is 1. The molecule has 0 spiro atoms. The summed E-state index contributed by atoms with van der Waals surface area (Å²) in [5.74, 6) is 0.156. The first-order chi connectivity index (χ1) is 13.9. The molecule has 0 aliphatic heterocycles. The largest absolute Gasteiger partial charge is 0.482 e. The number of nitrogen functional groups attached to an aromatic ring is 1. The van der Waals surface area contributed by atoms with Crippen LogP contribution in [0.4, 0.5) is 10.2 Å². The summed E-state index contributed by atoms with van der Waals surface area (Å²) in [7, 11) is 0. The van der Waals surface area contributed by atoms with Crippen molar-refractivity contribution in [3.63, 3.8) is 0 Å². The Morgan fingerprint density at radius 3 is 2.83 bits per heavy atom. The molecule has 1 aromatic carbocycles. The Bertz CT molecular complexity index is 1160. The van der Waals surface area contributed by atoms with Crippen molar-refractivity contribution in [2.24, 2.45) is 0 Å². The number of ether oxygens (including phenoxy) is 1. The maximum atomic E-state index is 13.8. The van der Waals surface area contributed by atoms with Gasteiger partial charge in [-0.2, -0.15) is 10.3 Å². The van der Waals surface area contributed by atoms with E-state index in [1.807, 2.05) is 0 Å². The van der Waals surface area contributed by atoms with Crippen molar-refractivity contribution in [1.29, 1.82) is 0 Å². The molecule has 3 heterocycles. The number of aromatic amines is 1. The van der Waals surface area contributed by atoms with Gasteiger partial charge in [-0.3, -0.25) is 0 Å². The maximum Gasteiger partial charge on any atom is 0.290 e. The molecule has 0 saturated heterocycles. The molecule has 3 aromatic heterocycles. The first-order valence-corrected chi connectivity index (χ1v) is 9.04. The summed E-state index contributed by atoms with van der Waals surface area (Å²) in [4.78, 5) is 4.16. The van der Waals surface area contributed by atoms with E-state index in [1.54, 1.807) is 31.6 Å². The van der Waals surface area contributed by atoms with Crippen molar-refractivity contribution in [3.05, 3.63) is 58.2 Å². The number of benzene rings is 1. The SMILES string of the molecule is CC(Oc1cc(-c2cnn(-c3nn[nH]n3)c2)cnc1N)c1c(Cl)ccc(F)c1Cl. The lowest BCUT2D eigenvalue weighted by molar-refractivity contribution is 0.227. The zero-order valence-corrected chi connectivity index (χ0v) is 16.4. The normalized spacial score (nSPS) is 12.1. The minimum absolute atomic E-state index is 0.103. The van der Waals surface area contributed by atoms with Crippen LogP contribution in [0, 0.1) is 5.82 Å². The highest BCUT2D eigenvalue weighted by atomic mass is 35.5. The molecular formula is C17H13Cl2FN8O. The molecule has 9 nitrogen and oxygen atoms in total. The number of rotatable bonds is 5. The van der Waals surface area contributed by atoms with Gasteiger partial charge in [-0.25, -0.2) is 14.1 Å². The van der Waals surface area contributed by atoms with E-state index in [0.717, 1.165) is 5.56 Å². The molecule has 1 unspecified atom stereocenters. The Labute approximate surface area is 173 Å². The van der Waals surface area contributed by atoms with Crippen molar-refractivity contribution in [2.45, 2.75) is 13.0 Å². The van der Waals surface area contributed by atoms with Crippen LogP contribution < -0.4 is 10.5 Å². The van der Waals surface area contributed by atoms with Gasteiger partial charge in [0.25, 0.3) is 5.95 Å². The van der Waals surface area contributed by atoms with E-state index >= 15 is 0 Å². The molecular weight excluding hydrogens is 422 g/mol. The van der Waals surface area contributed by atoms with Gasteiger partial charge in [0.1, 0.15) is 11.9 Å². The number of halogens is 3. The van der Waals surface area contributed by atoms with Crippen LogP contribution >= 0.6 is 23.2 Å². The molecule has 3 N–H and O–H groups in total. The average molecular weight is 435 g/mol. The number of aromatic nitrogens is 7. The Kier molecular flexibility index (Phi) is 5.03. The molecule has 1 atom stereocenters. The smallest absolute Gasteiger partial charge is 0.290 e. The Morgan fingerprint density at radius 2 is 2.07 bits per heavy atom. The van der Waals surface area contributed by atoms with Crippen LogP contribution in [0.25, 0.3) is 17.1 Å². The molecule has 4 aromatic rings. The summed E-state index contributed by atoms with van der Waals surface area (Å²) in [6, 6.07) is 4.30. The summed E-state index contributed by atoms with van der Waals surface area (Å²) in [6.45, 7) is 1.69. The predicted molar refractivity (Wildman–Crippen MR) is 104 cm³/mol. The van der Waals surface area contributed by atoms with Crippen LogP contribution in [0.1, 0.15) is 18.6 Å². The standard InChI is InChI=1S/C17H13Cl2FN8O/c1-8(14-11(18)2-3-12(20)15(14)19)29-13-4-9(5-22-16(13)21)10-6-23-28(7-10)17-24-26-27-25-17/h2-8H,1H3,(H2,21,22)(H,24,25,26,27). The highest BCUT2D eigenvalue weighted by Gasteiger charge is 2.20. The van der Waals surface area contributed by atoms with Gasteiger partial charge in [0.15, 0.2) is 11.6 Å². The monoisotopic (exact) mass is 434 g/mol. The molecule has 12 heteroatoms. The van der Waals surface area contributed by atoms with E-state index in [2.05, 4.69) is 30.7 Å². The van der Waals surface area contributed by atoms with Gasteiger partial charge in [-0.15, -0.1) is 5.10 Å². The van der Waals surface area contributed by atoms with Gasteiger partial charge in [0.05, 0.1) is 11.2 Å². The van der Waals surface area contributed by atoms with Crippen LogP contribution in [0.3, 0.4) is 0 Å². The van der Waals surface area contributed by atoms with Gasteiger partial charge in [-0.1, -0.05) is 28.3 Å². The van der Waals surface area contributed by atoms with Crippen LogP contribution in [-0.2, 0) is 0 Å². The van der Waals surface area contributed by atoms with Crippen molar-refractivity contribution < 1.29 is 9.13 Å². The molecule has 0 amide bonds. The van der Waals surface area contributed by atoms with Gasteiger partial charge >= 0.3 is 0 Å². The fraction of sp³-hybridized carbons (Fsp3) is 0.118. The third-order valence-corrected chi connectivity index (χ3v) is 4.84. The molecule has 0 bridgehead atoms. The van der Waals surface area contributed by atoms with Crippen molar-refractivity contribution in [1.82, 2.24) is 35.4 Å². The molecule has 0 radical (unpaired) electrons. The topological polar surface area (TPSA) is 120 Å². The number of nitrogens with zero attached hydrogens (tertiary/aromatic N) is 6. The second-order valence-corrected chi connectivity index (χ2v) is 6.79. The van der Waals surface area contributed by atoms with E-state index in [9.17, 15) is 4.39 Å². The van der Waals surface area contributed by atoms with Gasteiger partial charge < -0.3 is 10.5 Å². The van der Waals surface area contributed by atoms with Crippen LogP contribution in [-0.4, -0.2) is 35.4 Å². The molecule has 29 heavy (non-hydrogen) atoms. The fourth-order valence-electron chi connectivity index (χ4n) is 2.71. The minimum Gasteiger partial charge on any atom is -0.482 e. The number of hydrogen-bond donors (Lipinski definition) is 2. The van der Waals surface area contributed by atoms with Gasteiger partial charge in [-0.05, 0) is 30.3 Å². The predicted octanol–water partition coefficient (Wildman–Crippen LogP) is 3.62. The fourth-order valence-corrected chi connectivity index (χ4v) is 3.38. The van der Waals surface area contributed by atoms with Crippen molar-refractivity contribution >= 4 is 29.0 Å². The van der Waals surface area contributed by atoms with Gasteiger partial charge in [0.2, 0.25) is 0 Å². The van der Waals surface area contributed by atoms with Crippen molar-refractivity contribution in [2.75, 3.05) is 5.73 Å². The molecule has 148 valence electrons. The maximum absolute atomic E-state index is 13.8. The van der Waals surface area contributed by atoms with Crippen LogP contribution in [0.2, 0.25) is 10.0 Å². The lowest BCUT2D eigenvalue weighted by Gasteiger charge is -2.19. The second kappa shape index (κ2) is 7.64. The zero-order valence-electron chi connectivity index (χ0n) is 14.8. The number of tetrazole rings is 1. The van der Waals surface area contributed by atoms with Crippen molar-refractivity contribution in [3.8, 4) is 22.8 Å². The second-order valence-electron chi connectivity index (χ2n) is 6.01. The number of pyridine rings is 1. The lowest BCUT2D eigenvalue weighted by Crippen LogP contribution is -2.08. The summed E-state index contributed by atoms with van der Waals surface area (Å²) < 4.78 is 21.2. The zero-order chi connectivity index (χ0) is 20.5. The van der Waals surface area contributed by atoms with E-state index in [0.29, 0.717) is 22.8 Å². The van der Waals surface area contributed by atoms with E-state index in [4.69, 9.17) is 33.7 Å². The summed E-state index contributed by atoms with van der Waals surface area (Å²) in [5.41, 5.74) is 7.69. The first kappa shape index (κ1) is 19.1. The Morgan fingerprint density at radius 1 is 1.24 bits per heavy atom. The van der Waals surface area contributed by atoms with E-state index < -0.39 is 11.9 Å². The summed E-state index contributed by atoms with van der Waals surface area (Å²) in [5, 5.41) is 17.9. The third kappa shape index (κ3) is 3.71. The number of anilines is 1. The average Bonchev–Trinajstić information content (AvgIpc) is 3.38. The third-order valence-electron chi connectivity index (χ3n) is 4.13. The van der Waals surface area contributed by atoms with Gasteiger partial charge in [0, 0.05) is 34.1 Å². The quantitative estimate of drug-likeness (QED) is 0.460. The lowest BCUT2D eigenvalue weighted by atomic mass is 10.1. The molecule has 0 aliphatic carbocycles. The summed E-state index contributed by atoms with van der Waals surface area (Å²) >= 11 is 12.2. The highest BCUT2D eigenvalue weighted by molar-refractivity contribution is 6.36.